The lowest BCUT2D eigenvalue weighted by Crippen LogP contribution is -2.49. The zero-order valence-electron chi connectivity index (χ0n) is 15.7. The fourth-order valence-corrected chi connectivity index (χ4v) is 3.96. The van der Waals surface area contributed by atoms with Gasteiger partial charge in [-0.3, -0.25) is 4.99 Å². The molecular formula is C19H34N4S. The molecule has 1 aliphatic rings. The molecule has 0 saturated carbocycles. The number of aliphatic imine (C=N–C) groups is 1. The second-order valence-corrected chi connectivity index (χ2v) is 8.23. The lowest BCUT2D eigenvalue weighted by Gasteiger charge is -2.34. The third-order valence-corrected chi connectivity index (χ3v) is 5.55. The van der Waals surface area contributed by atoms with Gasteiger partial charge in [-0.2, -0.15) is 0 Å². The summed E-state index contributed by atoms with van der Waals surface area (Å²) in [5, 5.41) is 9.19. The van der Waals surface area contributed by atoms with Gasteiger partial charge >= 0.3 is 0 Å². The zero-order chi connectivity index (χ0) is 17.4. The summed E-state index contributed by atoms with van der Waals surface area (Å²) in [6.45, 7) is 14.3. The van der Waals surface area contributed by atoms with Crippen LogP contribution in [0, 0.1) is 5.92 Å². The van der Waals surface area contributed by atoms with E-state index in [1.165, 1.54) is 37.4 Å². The third-order valence-electron chi connectivity index (χ3n) is 4.45. The van der Waals surface area contributed by atoms with Crippen molar-refractivity contribution in [3.05, 3.63) is 22.4 Å². The zero-order valence-corrected chi connectivity index (χ0v) is 16.5. The predicted octanol–water partition coefficient (Wildman–Crippen LogP) is 3.53. The molecule has 0 bridgehead atoms. The molecule has 1 atom stereocenters. The molecule has 2 heterocycles. The van der Waals surface area contributed by atoms with Gasteiger partial charge in [-0.05, 0) is 37.1 Å². The number of rotatable bonds is 7. The molecule has 0 amide bonds. The van der Waals surface area contributed by atoms with E-state index < -0.39 is 0 Å². The van der Waals surface area contributed by atoms with Crippen molar-refractivity contribution < 1.29 is 0 Å². The minimum absolute atomic E-state index is 0.480. The fraction of sp³-hybridized carbons (Fsp3) is 0.737. The van der Waals surface area contributed by atoms with Crippen LogP contribution in [0.3, 0.4) is 0 Å². The number of hydrogen-bond donors (Lipinski definition) is 2. The average Bonchev–Trinajstić information content (AvgIpc) is 3.08. The Hall–Kier alpha value is -1.07. The van der Waals surface area contributed by atoms with Crippen LogP contribution in [0.5, 0.6) is 0 Å². The van der Waals surface area contributed by atoms with Crippen molar-refractivity contribution in [1.82, 2.24) is 15.5 Å². The lowest BCUT2D eigenvalue weighted by molar-refractivity contribution is 0.187. The van der Waals surface area contributed by atoms with E-state index in [1.807, 2.05) is 11.3 Å². The monoisotopic (exact) mass is 350 g/mol. The standard InChI is InChI=1S/C19H34N4S/c1-5-20-19(21-13-16(4)18-7-6-12-24-18)22-17-8-10-23(11-9-17)14-15(2)3/h6-7,12,15-17H,5,8-11,13-14H2,1-4H3,(H2,20,21,22). The molecule has 136 valence electrons. The molecule has 1 saturated heterocycles. The van der Waals surface area contributed by atoms with Crippen LogP contribution in [0.2, 0.25) is 0 Å². The quantitative estimate of drug-likeness (QED) is 0.584. The van der Waals surface area contributed by atoms with Gasteiger partial charge in [0.1, 0.15) is 0 Å². The van der Waals surface area contributed by atoms with Crippen LogP contribution in [0.4, 0.5) is 0 Å². The molecule has 1 aliphatic heterocycles. The van der Waals surface area contributed by atoms with E-state index in [9.17, 15) is 0 Å². The van der Waals surface area contributed by atoms with Gasteiger partial charge < -0.3 is 15.5 Å². The van der Waals surface area contributed by atoms with Crippen LogP contribution in [0.15, 0.2) is 22.5 Å². The summed E-state index contributed by atoms with van der Waals surface area (Å²) in [6.07, 6.45) is 2.41. The first-order valence-corrected chi connectivity index (χ1v) is 10.3. The highest BCUT2D eigenvalue weighted by Gasteiger charge is 2.20. The summed E-state index contributed by atoms with van der Waals surface area (Å²) < 4.78 is 0. The van der Waals surface area contributed by atoms with Crippen molar-refractivity contribution in [3.8, 4) is 0 Å². The molecule has 1 aromatic heterocycles. The summed E-state index contributed by atoms with van der Waals surface area (Å²) in [5.41, 5.74) is 0. The summed E-state index contributed by atoms with van der Waals surface area (Å²) in [6, 6.07) is 4.87. The Kier molecular flexibility index (Phi) is 8.06. The topological polar surface area (TPSA) is 39.7 Å². The normalized spacial score (nSPS) is 18.8. The third kappa shape index (κ3) is 6.44. The Balaban J connectivity index is 1.81. The van der Waals surface area contributed by atoms with E-state index in [0.717, 1.165) is 25.0 Å². The van der Waals surface area contributed by atoms with Crippen molar-refractivity contribution in [1.29, 1.82) is 0 Å². The van der Waals surface area contributed by atoms with Crippen LogP contribution in [-0.4, -0.2) is 49.6 Å². The predicted molar refractivity (Wildman–Crippen MR) is 106 cm³/mol. The van der Waals surface area contributed by atoms with Gasteiger partial charge in [0, 0.05) is 43.0 Å². The minimum Gasteiger partial charge on any atom is -0.357 e. The van der Waals surface area contributed by atoms with Gasteiger partial charge in [0.25, 0.3) is 0 Å². The molecule has 1 fully saturated rings. The van der Waals surface area contributed by atoms with E-state index in [1.54, 1.807) is 0 Å². The Labute approximate surface area is 151 Å². The summed E-state index contributed by atoms with van der Waals surface area (Å²) in [7, 11) is 0. The minimum atomic E-state index is 0.480. The summed E-state index contributed by atoms with van der Waals surface area (Å²) in [4.78, 5) is 8.82. The van der Waals surface area contributed by atoms with E-state index in [2.05, 4.69) is 60.7 Å². The first kappa shape index (κ1) is 19.3. The van der Waals surface area contributed by atoms with Crippen molar-refractivity contribution >= 4 is 17.3 Å². The molecule has 0 aliphatic carbocycles. The van der Waals surface area contributed by atoms with Crippen LogP contribution in [0.1, 0.15) is 51.3 Å². The van der Waals surface area contributed by atoms with E-state index >= 15 is 0 Å². The van der Waals surface area contributed by atoms with E-state index in [0.29, 0.717) is 12.0 Å². The molecule has 1 unspecified atom stereocenters. The first-order valence-electron chi connectivity index (χ1n) is 9.39. The molecule has 2 N–H and O–H groups in total. The highest BCUT2D eigenvalue weighted by atomic mass is 32.1. The van der Waals surface area contributed by atoms with Crippen LogP contribution >= 0.6 is 11.3 Å². The second kappa shape index (κ2) is 10.0. The highest BCUT2D eigenvalue weighted by molar-refractivity contribution is 7.10. The molecule has 0 radical (unpaired) electrons. The number of thiophene rings is 1. The SMILES string of the molecule is CCNC(=NCC(C)c1cccs1)NC1CCN(CC(C)C)CC1. The van der Waals surface area contributed by atoms with Gasteiger partial charge in [0.05, 0.1) is 6.54 Å². The van der Waals surface area contributed by atoms with Gasteiger partial charge in [-0.25, -0.2) is 0 Å². The number of guanidine groups is 1. The molecular weight excluding hydrogens is 316 g/mol. The highest BCUT2D eigenvalue weighted by Crippen LogP contribution is 2.20. The maximum absolute atomic E-state index is 4.82. The maximum atomic E-state index is 4.82. The number of likely N-dealkylation sites (tertiary alicyclic amines) is 1. The van der Waals surface area contributed by atoms with Crippen molar-refractivity contribution in [2.24, 2.45) is 10.9 Å². The van der Waals surface area contributed by atoms with E-state index in [-0.39, 0.29) is 0 Å². The van der Waals surface area contributed by atoms with Crippen LogP contribution in [0.25, 0.3) is 0 Å². The van der Waals surface area contributed by atoms with Crippen molar-refractivity contribution in [2.45, 2.75) is 52.5 Å². The smallest absolute Gasteiger partial charge is 0.191 e. The molecule has 4 nitrogen and oxygen atoms in total. The van der Waals surface area contributed by atoms with Gasteiger partial charge in [0.2, 0.25) is 0 Å². The lowest BCUT2D eigenvalue weighted by atomic mass is 10.0. The summed E-state index contributed by atoms with van der Waals surface area (Å²) in [5.74, 6) is 2.21. The Bertz CT molecular complexity index is 476. The first-order chi connectivity index (χ1) is 11.6. The number of piperidine rings is 1. The maximum Gasteiger partial charge on any atom is 0.191 e. The van der Waals surface area contributed by atoms with Gasteiger partial charge in [-0.1, -0.05) is 26.8 Å². The fourth-order valence-electron chi connectivity index (χ4n) is 3.18. The van der Waals surface area contributed by atoms with Crippen molar-refractivity contribution in [2.75, 3.05) is 32.7 Å². The number of hydrogen-bond acceptors (Lipinski definition) is 3. The van der Waals surface area contributed by atoms with Crippen LogP contribution in [-0.2, 0) is 0 Å². The van der Waals surface area contributed by atoms with Gasteiger partial charge in [0.15, 0.2) is 5.96 Å². The van der Waals surface area contributed by atoms with Gasteiger partial charge in [-0.15, -0.1) is 11.3 Å². The average molecular weight is 351 g/mol. The molecule has 0 aromatic carbocycles. The molecule has 0 spiro atoms. The van der Waals surface area contributed by atoms with E-state index in [4.69, 9.17) is 4.99 Å². The molecule has 1 aromatic rings. The molecule has 2 rings (SSSR count). The number of nitrogens with one attached hydrogen (secondary N) is 2. The second-order valence-electron chi connectivity index (χ2n) is 7.25. The Morgan fingerprint density at radius 3 is 2.67 bits per heavy atom. The summed E-state index contributed by atoms with van der Waals surface area (Å²) >= 11 is 1.82. The Morgan fingerprint density at radius 2 is 2.08 bits per heavy atom. The number of nitrogens with zero attached hydrogens (tertiary/aromatic N) is 2. The molecule has 24 heavy (non-hydrogen) atoms. The van der Waals surface area contributed by atoms with Crippen molar-refractivity contribution in [3.63, 3.8) is 0 Å². The largest absolute Gasteiger partial charge is 0.357 e. The molecule has 5 heteroatoms. The van der Waals surface area contributed by atoms with Crippen LogP contribution < -0.4 is 10.6 Å². The Morgan fingerprint density at radius 1 is 1.33 bits per heavy atom.